The number of ether oxygens (including phenoxy) is 3. The Balaban J connectivity index is 1.99. The molecule has 0 N–H and O–H groups in total. The molecule has 0 bridgehead atoms. The number of rotatable bonds is 10. The zero-order chi connectivity index (χ0) is 29.9. The number of nitrogens with zero attached hydrogens (tertiary/aromatic N) is 1. The van der Waals surface area contributed by atoms with E-state index in [1.807, 2.05) is 30.3 Å². The van der Waals surface area contributed by atoms with E-state index in [1.54, 1.807) is 20.8 Å². The van der Waals surface area contributed by atoms with Crippen molar-refractivity contribution in [2.45, 2.75) is 83.4 Å². The van der Waals surface area contributed by atoms with Gasteiger partial charge in [0.05, 0.1) is 11.5 Å². The van der Waals surface area contributed by atoms with Crippen LogP contribution in [-0.4, -0.2) is 53.9 Å². The largest absolute Gasteiger partial charge is 0.459 e. The quantitative estimate of drug-likeness (QED) is 0.320. The summed E-state index contributed by atoms with van der Waals surface area (Å²) in [5.41, 5.74) is -5.64. The number of halogens is 3. The lowest BCUT2D eigenvalue weighted by molar-refractivity contribution is -0.279. The van der Waals surface area contributed by atoms with Gasteiger partial charge in [0.1, 0.15) is 11.7 Å². The van der Waals surface area contributed by atoms with Crippen LogP contribution in [0.25, 0.3) is 0 Å². The number of cyclic esters (lactones) is 1. The second kappa shape index (κ2) is 11.6. The molecule has 0 radical (unpaired) electrons. The van der Waals surface area contributed by atoms with E-state index in [0.717, 1.165) is 29.7 Å². The van der Waals surface area contributed by atoms with E-state index < -0.39 is 58.5 Å². The molecule has 0 aliphatic carbocycles. The third-order valence-electron chi connectivity index (χ3n) is 7.48. The number of benzene rings is 2. The number of carbonyl (C=O) groups excluding carboxylic acids is 3. The van der Waals surface area contributed by atoms with Gasteiger partial charge in [-0.05, 0) is 46.1 Å². The zero-order valence-electron chi connectivity index (χ0n) is 23.6. The molecule has 1 aliphatic heterocycles. The second-order valence-corrected chi connectivity index (χ2v) is 11.0. The maximum Gasteiger partial charge on any atom is 0.432 e. The van der Waals surface area contributed by atoms with Crippen LogP contribution in [0.4, 0.5) is 18.0 Å². The van der Waals surface area contributed by atoms with Gasteiger partial charge in [0, 0.05) is 12.7 Å². The summed E-state index contributed by atoms with van der Waals surface area (Å²) in [4.78, 5) is 41.5. The van der Waals surface area contributed by atoms with E-state index >= 15 is 0 Å². The predicted molar refractivity (Wildman–Crippen MR) is 141 cm³/mol. The minimum absolute atomic E-state index is 0.0621. The SMILES string of the molecule is CCC[C@@H](OC(=O)[C@](OC)(c1ccccc1)C(F)(F)F)C(C)(C)C(=O)N1C(=O)OC(C)(C)[C@H]1Cc1ccccc1. The highest BCUT2D eigenvalue weighted by Crippen LogP contribution is 2.45. The molecule has 3 rings (SSSR count). The molecule has 1 saturated heterocycles. The molecule has 7 nitrogen and oxygen atoms in total. The molecule has 0 aromatic heterocycles. The van der Waals surface area contributed by atoms with Crippen molar-refractivity contribution in [3.05, 3.63) is 71.8 Å². The summed E-state index contributed by atoms with van der Waals surface area (Å²) >= 11 is 0. The van der Waals surface area contributed by atoms with Crippen LogP contribution in [0.15, 0.2) is 60.7 Å². The number of alkyl halides is 3. The maximum atomic E-state index is 14.5. The van der Waals surface area contributed by atoms with Crippen LogP contribution in [0, 0.1) is 5.41 Å². The van der Waals surface area contributed by atoms with Crippen molar-refractivity contribution >= 4 is 18.0 Å². The van der Waals surface area contributed by atoms with Crippen molar-refractivity contribution in [1.29, 1.82) is 0 Å². The monoisotopic (exact) mass is 563 g/mol. The van der Waals surface area contributed by atoms with Gasteiger partial charge in [0.2, 0.25) is 5.91 Å². The second-order valence-electron chi connectivity index (χ2n) is 11.0. The van der Waals surface area contributed by atoms with Crippen LogP contribution in [0.1, 0.15) is 58.6 Å². The Hall–Kier alpha value is -3.40. The van der Waals surface area contributed by atoms with Crippen LogP contribution in [-0.2, 0) is 35.8 Å². The van der Waals surface area contributed by atoms with Crippen LogP contribution >= 0.6 is 0 Å². The summed E-state index contributed by atoms with van der Waals surface area (Å²) in [6, 6.07) is 15.0. The molecule has 0 spiro atoms. The van der Waals surface area contributed by atoms with Gasteiger partial charge in [-0.2, -0.15) is 13.2 Å². The molecular weight excluding hydrogens is 527 g/mol. The van der Waals surface area contributed by atoms with E-state index in [9.17, 15) is 27.6 Å². The summed E-state index contributed by atoms with van der Waals surface area (Å²) in [6.45, 7) is 8.03. The summed E-state index contributed by atoms with van der Waals surface area (Å²) in [7, 11) is 0.781. The van der Waals surface area contributed by atoms with Gasteiger partial charge in [0.15, 0.2) is 0 Å². The van der Waals surface area contributed by atoms with Gasteiger partial charge >= 0.3 is 18.2 Å². The number of esters is 1. The van der Waals surface area contributed by atoms with Crippen LogP contribution in [0.5, 0.6) is 0 Å². The summed E-state index contributed by atoms with van der Waals surface area (Å²) in [5.74, 6) is -2.41. The average Bonchev–Trinajstić information content (AvgIpc) is 3.11. The fourth-order valence-electron chi connectivity index (χ4n) is 5.06. The van der Waals surface area contributed by atoms with Gasteiger partial charge < -0.3 is 14.2 Å². The first-order valence-corrected chi connectivity index (χ1v) is 13.1. The van der Waals surface area contributed by atoms with Gasteiger partial charge in [-0.3, -0.25) is 4.79 Å². The van der Waals surface area contributed by atoms with Crippen molar-refractivity contribution in [3.63, 3.8) is 0 Å². The van der Waals surface area contributed by atoms with Crippen molar-refractivity contribution in [1.82, 2.24) is 4.90 Å². The third-order valence-corrected chi connectivity index (χ3v) is 7.48. The molecule has 218 valence electrons. The summed E-state index contributed by atoms with van der Waals surface area (Å²) in [5, 5.41) is 0. The molecule has 0 unspecified atom stereocenters. The predicted octanol–water partition coefficient (Wildman–Crippen LogP) is 6.20. The van der Waals surface area contributed by atoms with Crippen LogP contribution in [0.2, 0.25) is 0 Å². The van der Waals surface area contributed by atoms with Gasteiger partial charge in [-0.1, -0.05) is 74.0 Å². The molecule has 1 fully saturated rings. The Labute approximate surface area is 232 Å². The van der Waals surface area contributed by atoms with E-state index in [4.69, 9.17) is 14.2 Å². The fraction of sp³-hybridized carbons (Fsp3) is 0.500. The topological polar surface area (TPSA) is 82.1 Å². The van der Waals surface area contributed by atoms with E-state index in [2.05, 4.69) is 0 Å². The van der Waals surface area contributed by atoms with E-state index in [-0.39, 0.29) is 6.42 Å². The maximum absolute atomic E-state index is 14.5. The minimum atomic E-state index is -5.17. The zero-order valence-corrected chi connectivity index (χ0v) is 23.6. The number of imide groups is 1. The first-order chi connectivity index (χ1) is 18.6. The first kappa shape index (κ1) is 31.1. The molecule has 10 heteroatoms. The number of methoxy groups -OCH3 is 1. The molecule has 2 aromatic carbocycles. The first-order valence-electron chi connectivity index (χ1n) is 13.1. The smallest absolute Gasteiger partial charge is 0.432 e. The van der Waals surface area contributed by atoms with Crippen molar-refractivity contribution in [2.75, 3.05) is 7.11 Å². The highest BCUT2D eigenvalue weighted by Gasteiger charge is 2.65. The lowest BCUT2D eigenvalue weighted by Gasteiger charge is -2.39. The fourth-order valence-corrected chi connectivity index (χ4v) is 5.06. The standard InChI is InChI=1S/C30H36F3NO6/c1-7-14-23(39-25(36)29(38-6,30(31,32)33)21-17-12-9-13-18-21)27(2,3)24(35)34-22(28(4,5)40-26(34)37)19-20-15-10-8-11-16-20/h8-13,15-18,22-23H,7,14,19H2,1-6H3/t22-,23-,29-/m1/s1. The van der Waals surface area contributed by atoms with Crippen LogP contribution in [0.3, 0.4) is 0 Å². The molecular formula is C30H36F3NO6. The number of amides is 2. The summed E-state index contributed by atoms with van der Waals surface area (Å²) in [6.07, 6.45) is -6.60. The van der Waals surface area contributed by atoms with Crippen LogP contribution < -0.4 is 0 Å². The Bertz CT molecular complexity index is 1200. The number of hydrogen-bond donors (Lipinski definition) is 0. The van der Waals surface area contributed by atoms with Crippen molar-refractivity contribution in [2.24, 2.45) is 5.41 Å². The molecule has 3 atom stereocenters. The van der Waals surface area contributed by atoms with Crippen molar-refractivity contribution < 1.29 is 41.8 Å². The lowest BCUT2D eigenvalue weighted by Crippen LogP contribution is -2.56. The minimum Gasteiger partial charge on any atom is -0.459 e. The number of carbonyl (C=O) groups is 3. The highest BCUT2D eigenvalue weighted by atomic mass is 19.4. The number of hydrogen-bond acceptors (Lipinski definition) is 6. The summed E-state index contributed by atoms with van der Waals surface area (Å²) < 4.78 is 59.4. The molecule has 40 heavy (non-hydrogen) atoms. The normalized spacial score (nSPS) is 19.5. The highest BCUT2D eigenvalue weighted by molar-refractivity contribution is 5.97. The van der Waals surface area contributed by atoms with E-state index in [0.29, 0.717) is 12.8 Å². The Morgan fingerprint density at radius 1 is 1.02 bits per heavy atom. The molecule has 1 heterocycles. The molecule has 1 aliphatic rings. The van der Waals surface area contributed by atoms with Gasteiger partial charge in [-0.25, -0.2) is 14.5 Å². The molecule has 2 amide bonds. The third kappa shape index (κ3) is 5.73. The van der Waals surface area contributed by atoms with E-state index in [1.165, 1.54) is 32.0 Å². The molecule has 0 saturated carbocycles. The average molecular weight is 564 g/mol. The Kier molecular flexibility index (Phi) is 9.03. The molecule has 2 aromatic rings. The Morgan fingerprint density at radius 2 is 1.57 bits per heavy atom. The Morgan fingerprint density at radius 3 is 2.08 bits per heavy atom. The van der Waals surface area contributed by atoms with Gasteiger partial charge in [-0.15, -0.1) is 0 Å². The lowest BCUT2D eigenvalue weighted by atomic mass is 9.81. The van der Waals surface area contributed by atoms with Gasteiger partial charge in [0.25, 0.3) is 5.60 Å². The van der Waals surface area contributed by atoms with Crippen molar-refractivity contribution in [3.8, 4) is 0 Å².